The van der Waals surface area contributed by atoms with Crippen molar-refractivity contribution in [2.45, 2.75) is 4.21 Å². The van der Waals surface area contributed by atoms with Gasteiger partial charge in [-0.3, -0.25) is 0 Å². The highest BCUT2D eigenvalue weighted by molar-refractivity contribution is 7.91. The quantitative estimate of drug-likeness (QED) is 0.627. The van der Waals surface area contributed by atoms with Crippen LogP contribution in [0.15, 0.2) is 58.8 Å². The van der Waals surface area contributed by atoms with Gasteiger partial charge >= 0.3 is 5.97 Å². The normalized spacial score (nSPS) is 16.2. The first-order valence-corrected chi connectivity index (χ1v) is 11.3. The summed E-state index contributed by atoms with van der Waals surface area (Å²) >= 11 is 0.973. The van der Waals surface area contributed by atoms with Crippen LogP contribution in [0.5, 0.6) is 0 Å². The van der Waals surface area contributed by atoms with Gasteiger partial charge in [0.2, 0.25) is 0 Å². The predicted octanol–water partition coefficient (Wildman–Crippen LogP) is 3.55. The molecule has 0 unspecified atom stereocenters. The Morgan fingerprint density at radius 1 is 1.03 bits per heavy atom. The number of nitrogens with zero attached hydrogens (tertiary/aromatic N) is 1. The standard InChI is InChI=1S/C21H19NO5S2/c23-21(24)18(14-15-5-6-16-3-1-2-4-17(16)13-15)19-7-8-20(28-19)29(25,26)22-9-11-27-12-10-22/h1-8,13-14H,9-12H2,(H,23,24)/b18-14+. The van der Waals surface area contributed by atoms with Gasteiger partial charge in [-0.05, 0) is 40.6 Å². The highest BCUT2D eigenvalue weighted by Gasteiger charge is 2.28. The van der Waals surface area contributed by atoms with Gasteiger partial charge in [-0.1, -0.05) is 36.4 Å². The molecule has 0 saturated carbocycles. The number of morpholine rings is 1. The van der Waals surface area contributed by atoms with Crippen molar-refractivity contribution in [2.24, 2.45) is 0 Å². The number of ether oxygens (including phenoxy) is 1. The van der Waals surface area contributed by atoms with Crippen LogP contribution in [0.25, 0.3) is 22.4 Å². The summed E-state index contributed by atoms with van der Waals surface area (Å²) in [6.07, 6.45) is 1.58. The number of hydrogen-bond donors (Lipinski definition) is 1. The molecule has 1 fully saturated rings. The van der Waals surface area contributed by atoms with Gasteiger partial charge in [0.05, 0.1) is 18.8 Å². The molecule has 0 bridgehead atoms. The zero-order valence-electron chi connectivity index (χ0n) is 15.4. The fourth-order valence-electron chi connectivity index (χ4n) is 3.22. The van der Waals surface area contributed by atoms with E-state index >= 15 is 0 Å². The van der Waals surface area contributed by atoms with Gasteiger partial charge in [0.15, 0.2) is 0 Å². The molecule has 2 aromatic carbocycles. The molecule has 8 heteroatoms. The monoisotopic (exact) mass is 429 g/mol. The number of aliphatic carboxylic acids is 1. The van der Waals surface area contributed by atoms with Crippen LogP contribution in [0.4, 0.5) is 0 Å². The van der Waals surface area contributed by atoms with E-state index in [1.807, 2.05) is 42.5 Å². The molecule has 0 amide bonds. The van der Waals surface area contributed by atoms with Gasteiger partial charge in [-0.15, -0.1) is 11.3 Å². The number of fused-ring (bicyclic) bond motifs is 1. The lowest BCUT2D eigenvalue weighted by Crippen LogP contribution is -2.40. The fourth-order valence-corrected chi connectivity index (χ4v) is 6.10. The molecule has 0 atom stereocenters. The molecule has 4 rings (SSSR count). The third kappa shape index (κ3) is 4.11. The van der Waals surface area contributed by atoms with E-state index < -0.39 is 16.0 Å². The van der Waals surface area contributed by atoms with Crippen LogP contribution in [-0.4, -0.2) is 50.1 Å². The first-order chi connectivity index (χ1) is 13.9. The summed E-state index contributed by atoms with van der Waals surface area (Å²) in [6, 6.07) is 16.6. The average molecular weight is 430 g/mol. The molecule has 0 aliphatic carbocycles. The zero-order valence-corrected chi connectivity index (χ0v) is 17.1. The van der Waals surface area contributed by atoms with Crippen LogP contribution in [0.2, 0.25) is 0 Å². The van der Waals surface area contributed by atoms with Crippen LogP contribution < -0.4 is 0 Å². The number of carboxylic acids is 1. The minimum atomic E-state index is -3.65. The Kier molecular flexibility index (Phi) is 5.51. The largest absolute Gasteiger partial charge is 0.478 e. The smallest absolute Gasteiger partial charge is 0.337 e. The van der Waals surface area contributed by atoms with Gasteiger partial charge in [0.1, 0.15) is 4.21 Å². The molecule has 1 N–H and O–H groups in total. The van der Waals surface area contributed by atoms with Crippen molar-refractivity contribution in [1.82, 2.24) is 4.31 Å². The van der Waals surface area contributed by atoms with E-state index in [2.05, 4.69) is 0 Å². The maximum atomic E-state index is 12.8. The predicted molar refractivity (Wildman–Crippen MR) is 113 cm³/mol. The number of sulfonamides is 1. The Morgan fingerprint density at radius 2 is 1.76 bits per heavy atom. The Bertz CT molecular complexity index is 1190. The van der Waals surface area contributed by atoms with Crippen LogP contribution >= 0.6 is 11.3 Å². The van der Waals surface area contributed by atoms with Crippen LogP contribution in [0.3, 0.4) is 0 Å². The van der Waals surface area contributed by atoms with Crippen molar-refractivity contribution in [1.29, 1.82) is 0 Å². The second-order valence-electron chi connectivity index (χ2n) is 6.60. The number of carbonyl (C=O) groups is 1. The molecule has 1 aliphatic heterocycles. The summed E-state index contributed by atoms with van der Waals surface area (Å²) in [5, 5.41) is 11.8. The molecule has 6 nitrogen and oxygen atoms in total. The van der Waals surface area contributed by atoms with E-state index in [4.69, 9.17) is 4.74 Å². The molecule has 0 spiro atoms. The topological polar surface area (TPSA) is 83.9 Å². The molecule has 1 saturated heterocycles. The lowest BCUT2D eigenvalue weighted by molar-refractivity contribution is -0.130. The number of carboxylic acid groups (broad SMARTS) is 1. The first kappa shape index (κ1) is 19.8. The van der Waals surface area contributed by atoms with Crippen molar-refractivity contribution in [2.75, 3.05) is 26.3 Å². The van der Waals surface area contributed by atoms with Gasteiger partial charge in [0.25, 0.3) is 10.0 Å². The molecule has 1 aliphatic rings. The van der Waals surface area contributed by atoms with Gasteiger partial charge in [0, 0.05) is 18.0 Å². The lowest BCUT2D eigenvalue weighted by atomic mass is 10.0. The maximum Gasteiger partial charge on any atom is 0.337 e. The van der Waals surface area contributed by atoms with Crippen LogP contribution in [0, 0.1) is 0 Å². The Morgan fingerprint density at radius 3 is 2.48 bits per heavy atom. The average Bonchev–Trinajstić information content (AvgIpc) is 3.23. The summed E-state index contributed by atoms with van der Waals surface area (Å²) in [5.74, 6) is -1.10. The van der Waals surface area contributed by atoms with Crippen molar-refractivity contribution in [3.63, 3.8) is 0 Å². The van der Waals surface area contributed by atoms with Crippen molar-refractivity contribution < 1.29 is 23.1 Å². The second kappa shape index (κ2) is 8.08. The molecule has 1 aromatic heterocycles. The summed E-state index contributed by atoms with van der Waals surface area (Å²) in [5.41, 5.74) is 0.806. The third-order valence-electron chi connectivity index (χ3n) is 4.73. The summed E-state index contributed by atoms with van der Waals surface area (Å²) in [7, 11) is -3.65. The van der Waals surface area contributed by atoms with Crippen molar-refractivity contribution in [3.8, 4) is 0 Å². The van der Waals surface area contributed by atoms with Crippen LogP contribution in [0.1, 0.15) is 10.4 Å². The van der Waals surface area contributed by atoms with E-state index in [9.17, 15) is 18.3 Å². The lowest BCUT2D eigenvalue weighted by Gasteiger charge is -2.25. The molecular weight excluding hydrogens is 410 g/mol. The fraction of sp³-hybridized carbons (Fsp3) is 0.190. The molecule has 0 radical (unpaired) electrons. The van der Waals surface area contributed by atoms with Crippen molar-refractivity contribution in [3.05, 3.63) is 65.0 Å². The number of hydrogen-bond acceptors (Lipinski definition) is 5. The number of thiophene rings is 1. The third-order valence-corrected chi connectivity index (χ3v) is 8.21. The maximum absolute atomic E-state index is 12.8. The Balaban J connectivity index is 1.69. The first-order valence-electron chi connectivity index (χ1n) is 9.07. The van der Waals surface area contributed by atoms with E-state index in [1.165, 1.54) is 10.4 Å². The zero-order chi connectivity index (χ0) is 20.4. The SMILES string of the molecule is O=C(O)/C(=C/c1ccc2ccccc2c1)c1ccc(S(=O)(=O)N2CCOCC2)s1. The molecule has 29 heavy (non-hydrogen) atoms. The van der Waals surface area contributed by atoms with E-state index in [-0.39, 0.29) is 9.78 Å². The van der Waals surface area contributed by atoms with Gasteiger partial charge in [-0.2, -0.15) is 4.31 Å². The summed E-state index contributed by atoms with van der Waals surface area (Å²) in [6.45, 7) is 1.32. The van der Waals surface area contributed by atoms with Gasteiger partial charge in [-0.25, -0.2) is 13.2 Å². The van der Waals surface area contributed by atoms with E-state index in [0.29, 0.717) is 31.2 Å². The minimum Gasteiger partial charge on any atom is -0.478 e. The summed E-state index contributed by atoms with van der Waals surface area (Å²) in [4.78, 5) is 12.3. The molecule has 3 aromatic rings. The summed E-state index contributed by atoms with van der Waals surface area (Å²) < 4.78 is 32.3. The van der Waals surface area contributed by atoms with Crippen molar-refractivity contribution >= 4 is 49.8 Å². The Labute approximate surface area is 172 Å². The highest BCUT2D eigenvalue weighted by atomic mass is 32.2. The highest BCUT2D eigenvalue weighted by Crippen LogP contribution is 2.31. The number of rotatable bonds is 5. The minimum absolute atomic E-state index is 0.0636. The molecule has 150 valence electrons. The van der Waals surface area contributed by atoms with E-state index in [1.54, 1.807) is 12.1 Å². The molecular formula is C21H19NO5S2. The Hall–Kier alpha value is -2.52. The van der Waals surface area contributed by atoms with E-state index in [0.717, 1.165) is 27.7 Å². The van der Waals surface area contributed by atoms with Crippen LogP contribution in [-0.2, 0) is 19.6 Å². The second-order valence-corrected chi connectivity index (χ2v) is 9.85. The number of benzene rings is 2. The molecule has 2 heterocycles. The van der Waals surface area contributed by atoms with Gasteiger partial charge < -0.3 is 9.84 Å².